The van der Waals surface area contributed by atoms with E-state index in [1.807, 2.05) is 0 Å². The zero-order valence-corrected chi connectivity index (χ0v) is 12.6. The van der Waals surface area contributed by atoms with Crippen molar-refractivity contribution in [2.45, 2.75) is 19.8 Å². The van der Waals surface area contributed by atoms with Crippen LogP contribution in [0, 0.1) is 12.8 Å². The molecule has 2 rings (SSSR count). The largest absolute Gasteiger partial charge is 0.481 e. The van der Waals surface area contributed by atoms with E-state index in [2.05, 4.69) is 20.9 Å². The maximum atomic E-state index is 12.3. The number of carbonyl (C=O) groups is 2. The lowest BCUT2D eigenvalue weighted by Crippen LogP contribution is -2.42. The van der Waals surface area contributed by atoms with Gasteiger partial charge in [-0.1, -0.05) is 0 Å². The summed E-state index contributed by atoms with van der Waals surface area (Å²) in [6.45, 7) is 2.46. The van der Waals surface area contributed by atoms with Crippen LogP contribution in [0.25, 0.3) is 0 Å². The molecule has 1 aliphatic heterocycles. The summed E-state index contributed by atoms with van der Waals surface area (Å²) in [4.78, 5) is 39.1. The lowest BCUT2D eigenvalue weighted by Gasteiger charge is -2.30. The first kappa shape index (κ1) is 14.8. The predicted molar refractivity (Wildman–Crippen MR) is 75.8 cm³/mol. The van der Waals surface area contributed by atoms with Gasteiger partial charge in [0.05, 0.1) is 5.92 Å². The number of aromatic amines is 1. The third-order valence-electron chi connectivity index (χ3n) is 3.54. The van der Waals surface area contributed by atoms with Gasteiger partial charge in [0.2, 0.25) is 0 Å². The highest BCUT2D eigenvalue weighted by atomic mass is 79.9. The van der Waals surface area contributed by atoms with Crippen molar-refractivity contribution in [2.75, 3.05) is 13.1 Å². The van der Waals surface area contributed by atoms with Gasteiger partial charge in [0.25, 0.3) is 11.5 Å². The van der Waals surface area contributed by atoms with E-state index >= 15 is 0 Å². The molecule has 1 saturated heterocycles. The normalized spacial score (nSPS) is 16.2. The molecular formula is C13H15BrN2O4. The van der Waals surface area contributed by atoms with Crippen LogP contribution in [0.5, 0.6) is 0 Å². The van der Waals surface area contributed by atoms with E-state index in [1.54, 1.807) is 6.92 Å². The Hall–Kier alpha value is -1.63. The zero-order chi connectivity index (χ0) is 14.9. The molecule has 0 spiro atoms. The molecule has 108 valence electrons. The van der Waals surface area contributed by atoms with Crippen molar-refractivity contribution >= 4 is 27.8 Å². The van der Waals surface area contributed by atoms with E-state index in [0.29, 0.717) is 36.1 Å². The number of rotatable bonds is 2. The van der Waals surface area contributed by atoms with Gasteiger partial charge < -0.3 is 15.0 Å². The number of carbonyl (C=O) groups excluding carboxylic acids is 1. The van der Waals surface area contributed by atoms with Crippen molar-refractivity contribution in [3.05, 3.63) is 32.2 Å². The summed E-state index contributed by atoms with van der Waals surface area (Å²) < 4.78 is 0.667. The maximum absolute atomic E-state index is 12.3. The second-order valence-corrected chi connectivity index (χ2v) is 5.74. The number of H-pyrrole nitrogens is 1. The first-order valence-electron chi connectivity index (χ1n) is 6.31. The molecule has 0 saturated carbocycles. The van der Waals surface area contributed by atoms with E-state index < -0.39 is 17.4 Å². The Morgan fingerprint density at radius 2 is 2.00 bits per heavy atom. The van der Waals surface area contributed by atoms with E-state index in [1.165, 1.54) is 11.0 Å². The number of hydrogen-bond acceptors (Lipinski definition) is 3. The average Bonchev–Trinajstić information content (AvgIpc) is 2.42. The molecule has 1 aromatic rings. The van der Waals surface area contributed by atoms with Gasteiger partial charge in [-0.3, -0.25) is 14.4 Å². The van der Waals surface area contributed by atoms with E-state index in [4.69, 9.17) is 5.11 Å². The molecule has 1 aliphatic rings. The number of nitrogens with one attached hydrogen (secondary N) is 1. The minimum atomic E-state index is -0.826. The van der Waals surface area contributed by atoms with Crippen LogP contribution >= 0.6 is 15.9 Å². The van der Waals surface area contributed by atoms with Gasteiger partial charge >= 0.3 is 5.97 Å². The Kier molecular flexibility index (Phi) is 4.27. The minimum Gasteiger partial charge on any atom is -0.481 e. The number of aliphatic carboxylic acids is 1. The summed E-state index contributed by atoms with van der Waals surface area (Å²) in [7, 11) is 0. The van der Waals surface area contributed by atoms with Crippen LogP contribution in [0.4, 0.5) is 0 Å². The number of amides is 1. The van der Waals surface area contributed by atoms with Crippen molar-refractivity contribution in [3.63, 3.8) is 0 Å². The Bertz CT molecular complexity index is 603. The van der Waals surface area contributed by atoms with Crippen molar-refractivity contribution in [1.29, 1.82) is 0 Å². The Balaban J connectivity index is 2.15. The lowest BCUT2D eigenvalue weighted by molar-refractivity contribution is -0.143. The third kappa shape index (κ3) is 2.92. The highest BCUT2D eigenvalue weighted by Gasteiger charge is 2.28. The number of carboxylic acid groups (broad SMARTS) is 1. The summed E-state index contributed by atoms with van der Waals surface area (Å²) in [6.07, 6.45) is 0.845. The molecule has 6 nitrogen and oxygen atoms in total. The monoisotopic (exact) mass is 342 g/mol. The number of nitrogens with zero attached hydrogens (tertiary/aromatic N) is 1. The van der Waals surface area contributed by atoms with Crippen molar-refractivity contribution < 1.29 is 14.7 Å². The smallest absolute Gasteiger partial charge is 0.306 e. The molecule has 20 heavy (non-hydrogen) atoms. The van der Waals surface area contributed by atoms with Crippen LogP contribution < -0.4 is 5.56 Å². The topological polar surface area (TPSA) is 90.5 Å². The number of carboxylic acids is 1. The van der Waals surface area contributed by atoms with E-state index in [0.717, 1.165) is 0 Å². The van der Waals surface area contributed by atoms with Gasteiger partial charge in [0.15, 0.2) is 0 Å². The van der Waals surface area contributed by atoms with Crippen LogP contribution in [0.1, 0.15) is 28.9 Å². The van der Waals surface area contributed by atoms with Gasteiger partial charge in [-0.25, -0.2) is 0 Å². The SMILES string of the molecule is Cc1[nH]c(=O)c(C(=O)N2CCC(C(=O)O)CC2)cc1Br. The molecule has 2 N–H and O–H groups in total. The lowest BCUT2D eigenvalue weighted by atomic mass is 9.97. The number of likely N-dealkylation sites (tertiary alicyclic amines) is 1. The van der Waals surface area contributed by atoms with Crippen LogP contribution in [-0.4, -0.2) is 40.0 Å². The number of pyridine rings is 1. The third-order valence-corrected chi connectivity index (χ3v) is 4.36. The number of aromatic nitrogens is 1. The minimum absolute atomic E-state index is 0.0799. The second-order valence-electron chi connectivity index (χ2n) is 4.89. The summed E-state index contributed by atoms with van der Waals surface area (Å²) >= 11 is 3.28. The fourth-order valence-electron chi connectivity index (χ4n) is 2.26. The summed E-state index contributed by atoms with van der Waals surface area (Å²) in [5, 5.41) is 8.93. The van der Waals surface area contributed by atoms with Crippen LogP contribution in [0.3, 0.4) is 0 Å². The molecule has 0 bridgehead atoms. The molecular weight excluding hydrogens is 328 g/mol. The van der Waals surface area contributed by atoms with Crippen LogP contribution in [-0.2, 0) is 4.79 Å². The highest BCUT2D eigenvalue weighted by Crippen LogP contribution is 2.20. The van der Waals surface area contributed by atoms with E-state index in [-0.39, 0.29) is 11.5 Å². The Morgan fingerprint density at radius 1 is 1.40 bits per heavy atom. The quantitative estimate of drug-likeness (QED) is 0.849. The fourth-order valence-corrected chi connectivity index (χ4v) is 2.58. The maximum Gasteiger partial charge on any atom is 0.306 e. The molecule has 0 unspecified atom stereocenters. The summed E-state index contributed by atoms with van der Waals surface area (Å²) in [5.74, 6) is -1.58. The van der Waals surface area contributed by atoms with Gasteiger partial charge in [-0.15, -0.1) is 0 Å². The molecule has 0 radical (unpaired) electrons. The number of aryl methyl sites for hydroxylation is 1. The predicted octanol–water partition coefficient (Wildman–Crippen LogP) is 1.38. The Morgan fingerprint density at radius 3 is 2.55 bits per heavy atom. The molecule has 1 aromatic heterocycles. The molecule has 2 heterocycles. The number of halogens is 1. The number of piperidine rings is 1. The van der Waals surface area contributed by atoms with Crippen LogP contribution in [0.15, 0.2) is 15.3 Å². The van der Waals surface area contributed by atoms with Gasteiger partial charge in [-0.05, 0) is 41.8 Å². The molecule has 0 aliphatic carbocycles. The molecule has 1 fully saturated rings. The van der Waals surface area contributed by atoms with Crippen molar-refractivity contribution in [3.8, 4) is 0 Å². The molecule has 7 heteroatoms. The van der Waals surface area contributed by atoms with Crippen LogP contribution in [0.2, 0.25) is 0 Å². The fraction of sp³-hybridized carbons (Fsp3) is 0.462. The van der Waals surface area contributed by atoms with Crippen molar-refractivity contribution in [2.24, 2.45) is 5.92 Å². The van der Waals surface area contributed by atoms with E-state index in [9.17, 15) is 14.4 Å². The van der Waals surface area contributed by atoms with Gasteiger partial charge in [0.1, 0.15) is 5.56 Å². The molecule has 1 amide bonds. The average molecular weight is 343 g/mol. The second kappa shape index (κ2) is 5.78. The van der Waals surface area contributed by atoms with Gasteiger partial charge in [0, 0.05) is 23.3 Å². The Labute approximate surface area is 123 Å². The zero-order valence-electron chi connectivity index (χ0n) is 11.0. The van der Waals surface area contributed by atoms with Crippen molar-refractivity contribution in [1.82, 2.24) is 9.88 Å². The molecule has 0 aromatic carbocycles. The summed E-state index contributed by atoms with van der Waals surface area (Å²) in [6, 6.07) is 1.51. The molecule has 0 atom stereocenters. The highest BCUT2D eigenvalue weighted by molar-refractivity contribution is 9.10. The number of hydrogen-bond donors (Lipinski definition) is 2. The standard InChI is InChI=1S/C13H15BrN2O4/c1-7-10(14)6-9(11(17)15-7)12(18)16-4-2-8(3-5-16)13(19)20/h6,8H,2-5H2,1H3,(H,15,17)(H,19,20). The summed E-state index contributed by atoms with van der Waals surface area (Å²) in [5.41, 5.74) is 0.323. The first-order valence-corrected chi connectivity index (χ1v) is 7.11. The van der Waals surface area contributed by atoms with Gasteiger partial charge in [-0.2, -0.15) is 0 Å². The first-order chi connectivity index (χ1) is 9.40.